The first-order valence-corrected chi connectivity index (χ1v) is 10.1. The summed E-state index contributed by atoms with van der Waals surface area (Å²) in [6.45, 7) is 4.35. The normalized spacial score (nSPS) is 12.1. The smallest absolute Gasteiger partial charge is 0.0412 e. The van der Waals surface area contributed by atoms with Gasteiger partial charge in [0.15, 0.2) is 0 Å². The third kappa shape index (κ3) is 3.61. The number of halogens is 1. The van der Waals surface area contributed by atoms with E-state index in [1.54, 1.807) is 0 Å². The van der Waals surface area contributed by atoms with Crippen molar-refractivity contribution in [2.45, 2.75) is 20.3 Å². The van der Waals surface area contributed by atoms with E-state index in [2.05, 4.69) is 92.7 Å². The minimum atomic E-state index is 0.768. The number of hydrogen-bond acceptors (Lipinski definition) is 0. The molecule has 0 aromatic heterocycles. The summed E-state index contributed by atoms with van der Waals surface area (Å²) in [6, 6.07) is 32.2. The Bertz CT molecular complexity index is 1140. The quantitative estimate of drug-likeness (QED) is 0.312. The Kier molecular flexibility index (Phi) is 5.32. The van der Waals surface area contributed by atoms with E-state index in [9.17, 15) is 0 Å². The molecule has 4 aromatic carbocycles. The summed E-state index contributed by atoms with van der Waals surface area (Å²) in [4.78, 5) is 0. The minimum absolute atomic E-state index is 0.768. The maximum atomic E-state index is 6.34. The van der Waals surface area contributed by atoms with Gasteiger partial charge in [0.1, 0.15) is 0 Å². The van der Waals surface area contributed by atoms with Crippen LogP contribution in [-0.2, 0) is 0 Å². The molecule has 0 bridgehead atoms. The lowest BCUT2D eigenvalue weighted by Gasteiger charge is -2.18. The fourth-order valence-electron chi connectivity index (χ4n) is 3.86. The molecule has 0 aliphatic heterocycles. The zero-order chi connectivity index (χ0) is 19.5. The lowest BCUT2D eigenvalue weighted by molar-refractivity contribution is 1.24. The Morgan fingerprint density at radius 2 is 1.46 bits per heavy atom. The predicted molar refractivity (Wildman–Crippen MR) is 123 cm³/mol. The van der Waals surface area contributed by atoms with Crippen molar-refractivity contribution in [1.82, 2.24) is 0 Å². The van der Waals surface area contributed by atoms with Gasteiger partial charge in [-0.2, -0.15) is 0 Å². The topological polar surface area (TPSA) is 0 Å². The second-order valence-electron chi connectivity index (χ2n) is 7.11. The minimum Gasteiger partial charge on any atom is -0.0843 e. The van der Waals surface area contributed by atoms with Crippen LogP contribution in [0.25, 0.3) is 21.9 Å². The molecule has 138 valence electrons. The zero-order valence-electron chi connectivity index (χ0n) is 16.2. The molecule has 1 heteroatoms. The Hall–Kier alpha value is -2.83. The average Bonchev–Trinajstić information content (AvgIpc) is 2.72. The van der Waals surface area contributed by atoms with E-state index in [0.29, 0.717) is 0 Å². The number of rotatable bonds is 4. The number of allylic oxidation sites excluding steroid dienone is 1. The van der Waals surface area contributed by atoms with Crippen molar-refractivity contribution in [3.8, 4) is 0 Å². The SMILES string of the molecule is CC/C(=C(/c1ccc(C)cc1)c1cccc2ccccc12)c1cccc(Cl)c1. The highest BCUT2D eigenvalue weighted by atomic mass is 35.5. The lowest BCUT2D eigenvalue weighted by Crippen LogP contribution is -1.96. The summed E-state index contributed by atoms with van der Waals surface area (Å²) >= 11 is 6.34. The van der Waals surface area contributed by atoms with Crippen molar-refractivity contribution in [3.05, 3.63) is 118 Å². The largest absolute Gasteiger partial charge is 0.0843 e. The molecule has 0 saturated carbocycles. The van der Waals surface area contributed by atoms with Gasteiger partial charge in [0.05, 0.1) is 0 Å². The second kappa shape index (κ2) is 8.04. The van der Waals surface area contributed by atoms with E-state index in [4.69, 9.17) is 11.6 Å². The Balaban J connectivity index is 2.08. The molecule has 0 nitrogen and oxygen atoms in total. The first-order valence-electron chi connectivity index (χ1n) is 9.71. The van der Waals surface area contributed by atoms with E-state index in [-0.39, 0.29) is 0 Å². The maximum absolute atomic E-state index is 6.34. The van der Waals surface area contributed by atoms with E-state index in [1.807, 2.05) is 12.1 Å². The first kappa shape index (κ1) is 18.5. The number of aryl methyl sites for hydroxylation is 1. The molecule has 4 aromatic rings. The van der Waals surface area contributed by atoms with Crippen molar-refractivity contribution in [3.63, 3.8) is 0 Å². The molecule has 0 spiro atoms. The molecule has 0 unspecified atom stereocenters. The summed E-state index contributed by atoms with van der Waals surface area (Å²) in [7, 11) is 0. The van der Waals surface area contributed by atoms with Crippen LogP contribution < -0.4 is 0 Å². The van der Waals surface area contributed by atoms with Gasteiger partial charge in [-0.1, -0.05) is 103 Å². The van der Waals surface area contributed by atoms with Gasteiger partial charge in [-0.25, -0.2) is 0 Å². The van der Waals surface area contributed by atoms with Crippen molar-refractivity contribution < 1.29 is 0 Å². The van der Waals surface area contributed by atoms with Crippen LogP contribution in [0.15, 0.2) is 91.0 Å². The fourth-order valence-corrected chi connectivity index (χ4v) is 4.05. The molecule has 0 fully saturated rings. The number of hydrogen-bond donors (Lipinski definition) is 0. The first-order chi connectivity index (χ1) is 13.7. The molecule has 0 aliphatic carbocycles. The zero-order valence-corrected chi connectivity index (χ0v) is 17.0. The Morgan fingerprint density at radius 1 is 0.750 bits per heavy atom. The summed E-state index contributed by atoms with van der Waals surface area (Å²) in [5, 5.41) is 3.30. The average molecular weight is 383 g/mol. The molecule has 0 radical (unpaired) electrons. The van der Waals surface area contributed by atoms with E-state index < -0.39 is 0 Å². The van der Waals surface area contributed by atoms with Gasteiger partial charge in [0.25, 0.3) is 0 Å². The van der Waals surface area contributed by atoms with Crippen LogP contribution in [0.1, 0.15) is 35.6 Å². The Labute approximate surface area is 172 Å². The van der Waals surface area contributed by atoms with Crippen molar-refractivity contribution in [1.29, 1.82) is 0 Å². The van der Waals surface area contributed by atoms with E-state index in [0.717, 1.165) is 11.4 Å². The van der Waals surface area contributed by atoms with Gasteiger partial charge >= 0.3 is 0 Å². The summed E-state index contributed by atoms with van der Waals surface area (Å²) in [6.07, 6.45) is 0.923. The molecule has 28 heavy (non-hydrogen) atoms. The highest BCUT2D eigenvalue weighted by molar-refractivity contribution is 6.30. The van der Waals surface area contributed by atoms with Crippen molar-refractivity contribution >= 4 is 33.5 Å². The van der Waals surface area contributed by atoms with Crippen molar-refractivity contribution in [2.75, 3.05) is 0 Å². The molecule has 0 aliphatic rings. The molecule has 0 N–H and O–H groups in total. The molecule has 0 heterocycles. The van der Waals surface area contributed by atoms with Crippen LogP contribution in [0.3, 0.4) is 0 Å². The molecular weight excluding hydrogens is 360 g/mol. The Morgan fingerprint density at radius 3 is 2.21 bits per heavy atom. The molecule has 0 saturated heterocycles. The van der Waals surface area contributed by atoms with Gasteiger partial charge in [0, 0.05) is 5.02 Å². The number of fused-ring (bicyclic) bond motifs is 1. The van der Waals surface area contributed by atoms with Gasteiger partial charge in [-0.05, 0) is 64.1 Å². The van der Waals surface area contributed by atoms with Gasteiger partial charge < -0.3 is 0 Å². The fraction of sp³-hybridized carbons (Fsp3) is 0.111. The van der Waals surface area contributed by atoms with Crippen LogP contribution >= 0.6 is 11.6 Å². The number of benzene rings is 4. The van der Waals surface area contributed by atoms with Crippen LogP contribution in [0.2, 0.25) is 5.02 Å². The third-order valence-corrected chi connectivity index (χ3v) is 5.46. The molecule has 0 amide bonds. The molecule has 0 atom stereocenters. The summed E-state index contributed by atoms with van der Waals surface area (Å²) in [5.74, 6) is 0. The monoisotopic (exact) mass is 382 g/mol. The highest BCUT2D eigenvalue weighted by Crippen LogP contribution is 2.38. The van der Waals surface area contributed by atoms with Gasteiger partial charge in [0.2, 0.25) is 0 Å². The van der Waals surface area contributed by atoms with Gasteiger partial charge in [-0.15, -0.1) is 0 Å². The van der Waals surface area contributed by atoms with E-state index >= 15 is 0 Å². The van der Waals surface area contributed by atoms with Crippen LogP contribution in [0, 0.1) is 6.92 Å². The van der Waals surface area contributed by atoms with Crippen LogP contribution in [-0.4, -0.2) is 0 Å². The predicted octanol–water partition coefficient (Wildman–Crippen LogP) is 8.17. The molecular formula is C27H23Cl. The summed E-state index contributed by atoms with van der Waals surface area (Å²) < 4.78 is 0. The maximum Gasteiger partial charge on any atom is 0.0412 e. The van der Waals surface area contributed by atoms with E-state index in [1.165, 1.54) is 44.2 Å². The third-order valence-electron chi connectivity index (χ3n) is 5.23. The summed E-state index contributed by atoms with van der Waals surface area (Å²) in [5.41, 5.74) is 7.53. The second-order valence-corrected chi connectivity index (χ2v) is 7.55. The van der Waals surface area contributed by atoms with Gasteiger partial charge in [-0.3, -0.25) is 0 Å². The standard InChI is InChI=1S/C27H23Cl/c1-3-24(22-10-6-11-23(28)18-22)27(21-16-14-19(2)15-17-21)26-13-7-9-20-8-4-5-12-25(20)26/h4-18H,3H2,1-2H3/b27-24+. The lowest BCUT2D eigenvalue weighted by atomic mass is 9.86. The van der Waals surface area contributed by atoms with Crippen LogP contribution in [0.4, 0.5) is 0 Å². The van der Waals surface area contributed by atoms with Crippen molar-refractivity contribution in [2.24, 2.45) is 0 Å². The van der Waals surface area contributed by atoms with Crippen LogP contribution in [0.5, 0.6) is 0 Å². The highest BCUT2D eigenvalue weighted by Gasteiger charge is 2.15. The molecule has 4 rings (SSSR count).